The minimum absolute atomic E-state index is 0.0105. The highest BCUT2D eigenvalue weighted by Crippen LogP contribution is 2.38. The monoisotopic (exact) mass is 291 g/mol. The molecule has 0 saturated heterocycles. The summed E-state index contributed by atoms with van der Waals surface area (Å²) in [4.78, 5) is 9.21. The molecule has 6 heteroatoms. The van der Waals surface area contributed by atoms with Crippen LogP contribution < -0.4 is 15.2 Å². The van der Waals surface area contributed by atoms with Gasteiger partial charge in [0.2, 0.25) is 5.88 Å². The highest BCUT2D eigenvalue weighted by molar-refractivity contribution is 7.99. The Bertz CT molecular complexity index is 590. The fourth-order valence-corrected chi connectivity index (χ4v) is 2.47. The molecule has 20 heavy (non-hydrogen) atoms. The fourth-order valence-electron chi connectivity index (χ4n) is 1.57. The van der Waals surface area contributed by atoms with Gasteiger partial charge < -0.3 is 15.2 Å². The maximum atomic E-state index is 6.06. The summed E-state index contributed by atoms with van der Waals surface area (Å²) in [5.41, 5.74) is 6.50. The Hall–Kier alpha value is -1.95. The largest absolute Gasteiger partial charge is 0.496 e. The summed E-state index contributed by atoms with van der Waals surface area (Å²) in [6, 6.07) is 7.70. The van der Waals surface area contributed by atoms with E-state index in [0.717, 1.165) is 10.6 Å². The molecule has 0 aliphatic heterocycles. The summed E-state index contributed by atoms with van der Waals surface area (Å²) in [5.74, 6) is 1.19. The molecular weight excluding hydrogens is 274 g/mol. The first-order valence-electron chi connectivity index (χ1n) is 6.19. The molecule has 106 valence electrons. The smallest absolute Gasteiger partial charge is 0.241 e. The maximum Gasteiger partial charge on any atom is 0.241 e. The number of anilines is 1. The average molecular weight is 291 g/mol. The summed E-state index contributed by atoms with van der Waals surface area (Å²) in [6.45, 7) is 3.85. The van der Waals surface area contributed by atoms with E-state index >= 15 is 0 Å². The van der Waals surface area contributed by atoms with E-state index in [1.165, 1.54) is 18.1 Å². The third kappa shape index (κ3) is 3.33. The minimum Gasteiger partial charge on any atom is -0.496 e. The van der Waals surface area contributed by atoms with Crippen LogP contribution in [-0.4, -0.2) is 23.2 Å². The van der Waals surface area contributed by atoms with Crippen molar-refractivity contribution in [1.29, 1.82) is 0 Å². The van der Waals surface area contributed by atoms with Gasteiger partial charge in [-0.2, -0.15) is 4.98 Å². The van der Waals surface area contributed by atoms with Crippen LogP contribution in [0.4, 0.5) is 5.69 Å². The van der Waals surface area contributed by atoms with Crippen molar-refractivity contribution in [3.05, 3.63) is 30.6 Å². The van der Waals surface area contributed by atoms with Crippen LogP contribution in [0.15, 0.2) is 40.5 Å². The second-order valence-electron chi connectivity index (χ2n) is 4.32. The fraction of sp³-hybridized carbons (Fsp3) is 0.286. The second-order valence-corrected chi connectivity index (χ2v) is 5.35. The number of rotatable bonds is 5. The lowest BCUT2D eigenvalue weighted by Crippen LogP contribution is -2.10. The number of para-hydroxylation sites is 1. The van der Waals surface area contributed by atoms with Crippen molar-refractivity contribution < 1.29 is 9.47 Å². The molecule has 2 rings (SSSR count). The van der Waals surface area contributed by atoms with E-state index in [0.29, 0.717) is 16.6 Å². The van der Waals surface area contributed by atoms with E-state index in [4.69, 9.17) is 15.2 Å². The molecule has 0 amide bonds. The molecular formula is C14H17N3O2S. The van der Waals surface area contributed by atoms with Gasteiger partial charge in [-0.05, 0) is 26.0 Å². The number of nitrogen functional groups attached to an aromatic ring is 1. The topological polar surface area (TPSA) is 70.3 Å². The van der Waals surface area contributed by atoms with Crippen molar-refractivity contribution in [2.75, 3.05) is 12.8 Å². The van der Waals surface area contributed by atoms with Crippen molar-refractivity contribution in [2.24, 2.45) is 0 Å². The molecule has 0 aliphatic carbocycles. The third-order valence-electron chi connectivity index (χ3n) is 2.43. The Labute approximate surface area is 122 Å². The second kappa shape index (κ2) is 6.47. The van der Waals surface area contributed by atoms with Crippen molar-refractivity contribution in [3.8, 4) is 11.6 Å². The first-order chi connectivity index (χ1) is 9.61. The van der Waals surface area contributed by atoms with Crippen molar-refractivity contribution in [3.63, 3.8) is 0 Å². The van der Waals surface area contributed by atoms with Crippen LogP contribution in [-0.2, 0) is 0 Å². The van der Waals surface area contributed by atoms with Gasteiger partial charge in [0.05, 0.1) is 18.1 Å². The zero-order valence-electron chi connectivity index (χ0n) is 11.7. The standard InChI is InChI=1S/C14H17N3O2S/c1-9(2)19-13-12(15)14(17-8-16-13)20-11-7-5-4-6-10(11)18-3/h4-9H,15H2,1-3H3. The Morgan fingerprint density at radius 2 is 1.95 bits per heavy atom. The summed E-state index contributed by atoms with van der Waals surface area (Å²) in [6.07, 6.45) is 1.46. The lowest BCUT2D eigenvalue weighted by atomic mass is 10.3. The summed E-state index contributed by atoms with van der Waals surface area (Å²) < 4.78 is 10.9. The molecule has 0 aliphatic rings. The van der Waals surface area contributed by atoms with Gasteiger partial charge in [-0.25, -0.2) is 4.98 Å². The summed E-state index contributed by atoms with van der Waals surface area (Å²) >= 11 is 1.43. The van der Waals surface area contributed by atoms with Crippen molar-refractivity contribution >= 4 is 17.4 Å². The molecule has 0 unspecified atom stereocenters. The van der Waals surface area contributed by atoms with E-state index in [1.54, 1.807) is 7.11 Å². The molecule has 0 spiro atoms. The zero-order valence-corrected chi connectivity index (χ0v) is 12.5. The molecule has 0 radical (unpaired) electrons. The lowest BCUT2D eigenvalue weighted by Gasteiger charge is -2.13. The normalized spacial score (nSPS) is 10.6. The lowest BCUT2D eigenvalue weighted by molar-refractivity contribution is 0.233. The van der Waals surface area contributed by atoms with Crippen LogP contribution in [0.5, 0.6) is 11.6 Å². The van der Waals surface area contributed by atoms with Gasteiger partial charge in [0.25, 0.3) is 0 Å². The number of nitrogens with two attached hydrogens (primary N) is 1. The summed E-state index contributed by atoms with van der Waals surface area (Å²) in [7, 11) is 1.63. The number of methoxy groups -OCH3 is 1. The molecule has 5 nitrogen and oxygen atoms in total. The number of hydrogen-bond acceptors (Lipinski definition) is 6. The molecule has 1 aromatic carbocycles. The molecule has 0 atom stereocenters. The van der Waals surface area contributed by atoms with Crippen LogP contribution in [0.25, 0.3) is 0 Å². The number of ether oxygens (including phenoxy) is 2. The number of hydrogen-bond donors (Lipinski definition) is 1. The predicted octanol–water partition coefficient (Wildman–Crippen LogP) is 3.01. The van der Waals surface area contributed by atoms with E-state index in [-0.39, 0.29) is 6.10 Å². The van der Waals surface area contributed by atoms with Crippen LogP contribution in [0, 0.1) is 0 Å². The average Bonchev–Trinajstić information content (AvgIpc) is 2.43. The van der Waals surface area contributed by atoms with Crippen LogP contribution in [0.3, 0.4) is 0 Å². The Morgan fingerprint density at radius 3 is 2.65 bits per heavy atom. The quantitative estimate of drug-likeness (QED) is 0.854. The molecule has 1 heterocycles. The van der Waals surface area contributed by atoms with E-state index in [1.807, 2.05) is 38.1 Å². The zero-order chi connectivity index (χ0) is 14.5. The van der Waals surface area contributed by atoms with Crippen LogP contribution in [0.2, 0.25) is 0 Å². The predicted molar refractivity (Wildman–Crippen MR) is 79.3 cm³/mol. The highest BCUT2D eigenvalue weighted by atomic mass is 32.2. The van der Waals surface area contributed by atoms with E-state index < -0.39 is 0 Å². The molecule has 0 saturated carbocycles. The first kappa shape index (κ1) is 14.5. The van der Waals surface area contributed by atoms with Gasteiger partial charge in [0.15, 0.2) is 0 Å². The van der Waals surface area contributed by atoms with Crippen molar-refractivity contribution in [2.45, 2.75) is 29.9 Å². The van der Waals surface area contributed by atoms with E-state index in [2.05, 4.69) is 9.97 Å². The van der Waals surface area contributed by atoms with Crippen LogP contribution in [0.1, 0.15) is 13.8 Å². The number of aromatic nitrogens is 2. The van der Waals surface area contributed by atoms with Gasteiger partial charge >= 0.3 is 0 Å². The number of benzene rings is 1. The minimum atomic E-state index is 0.0105. The van der Waals surface area contributed by atoms with Gasteiger partial charge in [0.1, 0.15) is 22.8 Å². The molecule has 1 aromatic heterocycles. The molecule has 0 bridgehead atoms. The van der Waals surface area contributed by atoms with Gasteiger partial charge in [-0.1, -0.05) is 23.9 Å². The van der Waals surface area contributed by atoms with E-state index in [9.17, 15) is 0 Å². The van der Waals surface area contributed by atoms with Gasteiger partial charge in [-0.15, -0.1) is 0 Å². The van der Waals surface area contributed by atoms with Crippen molar-refractivity contribution in [1.82, 2.24) is 9.97 Å². The maximum absolute atomic E-state index is 6.06. The Balaban J connectivity index is 2.29. The first-order valence-corrected chi connectivity index (χ1v) is 7.01. The molecule has 2 aromatic rings. The molecule has 0 fully saturated rings. The van der Waals surface area contributed by atoms with Gasteiger partial charge in [-0.3, -0.25) is 0 Å². The Kier molecular flexibility index (Phi) is 4.68. The molecule has 2 N–H and O–H groups in total. The third-order valence-corrected chi connectivity index (χ3v) is 3.51. The number of nitrogens with zero attached hydrogens (tertiary/aromatic N) is 2. The Morgan fingerprint density at radius 1 is 1.20 bits per heavy atom. The van der Waals surface area contributed by atoms with Crippen LogP contribution >= 0.6 is 11.8 Å². The van der Waals surface area contributed by atoms with Gasteiger partial charge in [0, 0.05) is 0 Å². The summed E-state index contributed by atoms with van der Waals surface area (Å²) in [5, 5.41) is 0.653. The highest BCUT2D eigenvalue weighted by Gasteiger charge is 2.13. The SMILES string of the molecule is COc1ccccc1Sc1ncnc(OC(C)C)c1N.